The SMILES string of the molecule is CC(Sc1ccccc1Cl)C(=O)N1CCC(C(=O)O)C(C)C1. The van der Waals surface area contributed by atoms with Gasteiger partial charge in [0.15, 0.2) is 0 Å². The Kier molecular flexibility index (Phi) is 5.75. The van der Waals surface area contributed by atoms with Gasteiger partial charge in [0.1, 0.15) is 0 Å². The van der Waals surface area contributed by atoms with Gasteiger partial charge in [-0.3, -0.25) is 9.59 Å². The molecule has 0 bridgehead atoms. The van der Waals surface area contributed by atoms with E-state index in [1.165, 1.54) is 11.8 Å². The summed E-state index contributed by atoms with van der Waals surface area (Å²) in [5, 5.41) is 9.55. The number of carbonyl (C=O) groups is 2. The summed E-state index contributed by atoms with van der Waals surface area (Å²) in [6, 6.07) is 7.46. The zero-order valence-corrected chi connectivity index (χ0v) is 14.2. The first-order valence-corrected chi connectivity index (χ1v) is 8.58. The number of halogens is 1. The lowest BCUT2D eigenvalue weighted by atomic mass is 9.87. The van der Waals surface area contributed by atoms with E-state index in [0.29, 0.717) is 24.5 Å². The maximum Gasteiger partial charge on any atom is 0.306 e. The van der Waals surface area contributed by atoms with Crippen LogP contribution in [-0.4, -0.2) is 40.2 Å². The van der Waals surface area contributed by atoms with Gasteiger partial charge in [-0.05, 0) is 31.4 Å². The molecular weight excluding hydrogens is 322 g/mol. The van der Waals surface area contributed by atoms with E-state index in [4.69, 9.17) is 16.7 Å². The van der Waals surface area contributed by atoms with Crippen LogP contribution < -0.4 is 0 Å². The molecule has 1 aliphatic rings. The average molecular weight is 342 g/mol. The molecule has 1 aliphatic heterocycles. The molecule has 0 radical (unpaired) electrons. The molecule has 1 amide bonds. The molecule has 1 aromatic carbocycles. The maximum absolute atomic E-state index is 12.6. The highest BCUT2D eigenvalue weighted by Gasteiger charge is 2.34. The number of nitrogens with zero attached hydrogens (tertiary/aromatic N) is 1. The van der Waals surface area contributed by atoms with Gasteiger partial charge in [-0.2, -0.15) is 0 Å². The van der Waals surface area contributed by atoms with E-state index in [-0.39, 0.29) is 23.0 Å². The molecule has 1 aromatic rings. The Balaban J connectivity index is 1.97. The molecule has 3 unspecified atom stereocenters. The first-order valence-electron chi connectivity index (χ1n) is 7.33. The van der Waals surface area contributed by atoms with Gasteiger partial charge in [0.25, 0.3) is 0 Å². The molecule has 3 atom stereocenters. The molecule has 6 heteroatoms. The molecule has 1 fully saturated rings. The Morgan fingerprint density at radius 1 is 1.41 bits per heavy atom. The first kappa shape index (κ1) is 17.2. The molecule has 4 nitrogen and oxygen atoms in total. The topological polar surface area (TPSA) is 57.6 Å². The molecule has 0 saturated carbocycles. The summed E-state index contributed by atoms with van der Waals surface area (Å²) in [7, 11) is 0. The monoisotopic (exact) mass is 341 g/mol. The second-order valence-corrected chi connectivity index (χ2v) is 7.48. The standard InChI is InChI=1S/C16H20ClNO3S/c1-10-9-18(8-7-12(10)16(20)21)15(19)11(2)22-14-6-4-3-5-13(14)17/h3-6,10-12H,7-9H2,1-2H3,(H,20,21). The third kappa shape index (κ3) is 3.96. The van der Waals surface area contributed by atoms with Crippen LogP contribution in [0.5, 0.6) is 0 Å². The summed E-state index contributed by atoms with van der Waals surface area (Å²) >= 11 is 7.57. The number of benzene rings is 1. The van der Waals surface area contributed by atoms with Crippen molar-refractivity contribution in [2.75, 3.05) is 13.1 Å². The van der Waals surface area contributed by atoms with Crippen LogP contribution in [0.15, 0.2) is 29.2 Å². The number of carboxylic acid groups (broad SMARTS) is 1. The molecule has 2 rings (SSSR count). The largest absolute Gasteiger partial charge is 0.481 e. The Labute approximate surface area is 139 Å². The molecule has 1 saturated heterocycles. The van der Waals surface area contributed by atoms with Crippen molar-refractivity contribution in [1.29, 1.82) is 0 Å². The van der Waals surface area contributed by atoms with Crippen molar-refractivity contribution in [1.82, 2.24) is 4.90 Å². The number of piperidine rings is 1. The van der Waals surface area contributed by atoms with Crippen LogP contribution in [0.2, 0.25) is 5.02 Å². The number of amides is 1. The minimum absolute atomic E-state index is 0.0206. The van der Waals surface area contributed by atoms with E-state index in [0.717, 1.165) is 4.90 Å². The number of carboxylic acids is 1. The number of likely N-dealkylation sites (tertiary alicyclic amines) is 1. The van der Waals surface area contributed by atoms with Crippen LogP contribution in [0.1, 0.15) is 20.3 Å². The number of aliphatic carboxylic acids is 1. The third-order valence-corrected chi connectivity index (χ3v) is 5.63. The summed E-state index contributed by atoms with van der Waals surface area (Å²) in [4.78, 5) is 26.3. The minimum Gasteiger partial charge on any atom is -0.481 e. The van der Waals surface area contributed by atoms with Crippen LogP contribution in [0.25, 0.3) is 0 Å². The van der Waals surface area contributed by atoms with Crippen molar-refractivity contribution in [2.45, 2.75) is 30.4 Å². The predicted molar refractivity (Wildman–Crippen MR) is 88.3 cm³/mol. The van der Waals surface area contributed by atoms with Gasteiger partial charge in [0, 0.05) is 18.0 Å². The van der Waals surface area contributed by atoms with Gasteiger partial charge in [0.2, 0.25) is 5.91 Å². The van der Waals surface area contributed by atoms with Crippen molar-refractivity contribution in [3.63, 3.8) is 0 Å². The summed E-state index contributed by atoms with van der Waals surface area (Å²) in [6.45, 7) is 4.77. The Morgan fingerprint density at radius 3 is 2.68 bits per heavy atom. The van der Waals surface area contributed by atoms with Crippen molar-refractivity contribution in [3.05, 3.63) is 29.3 Å². The second kappa shape index (κ2) is 7.38. The lowest BCUT2D eigenvalue weighted by Crippen LogP contribution is -2.47. The number of rotatable bonds is 4. The lowest BCUT2D eigenvalue weighted by molar-refractivity contribution is -0.148. The lowest BCUT2D eigenvalue weighted by Gasteiger charge is -2.36. The Morgan fingerprint density at radius 2 is 2.09 bits per heavy atom. The quantitative estimate of drug-likeness (QED) is 0.853. The van der Waals surface area contributed by atoms with Crippen molar-refractivity contribution < 1.29 is 14.7 Å². The maximum atomic E-state index is 12.6. The molecule has 0 aliphatic carbocycles. The molecule has 0 spiro atoms. The highest BCUT2D eigenvalue weighted by molar-refractivity contribution is 8.00. The highest BCUT2D eigenvalue weighted by Crippen LogP contribution is 2.32. The smallest absolute Gasteiger partial charge is 0.306 e. The Bertz CT molecular complexity index is 566. The number of hydrogen-bond donors (Lipinski definition) is 1. The summed E-state index contributed by atoms with van der Waals surface area (Å²) in [6.07, 6.45) is 0.520. The minimum atomic E-state index is -0.766. The number of carbonyl (C=O) groups excluding carboxylic acids is 1. The number of hydrogen-bond acceptors (Lipinski definition) is 3. The second-order valence-electron chi connectivity index (χ2n) is 5.69. The van der Waals surface area contributed by atoms with E-state index in [2.05, 4.69) is 0 Å². The zero-order valence-electron chi connectivity index (χ0n) is 12.7. The fraction of sp³-hybridized carbons (Fsp3) is 0.500. The predicted octanol–water partition coefficient (Wildman–Crippen LogP) is 3.39. The van der Waals surface area contributed by atoms with Crippen molar-refractivity contribution in [2.24, 2.45) is 11.8 Å². The van der Waals surface area contributed by atoms with E-state index >= 15 is 0 Å². The van der Waals surface area contributed by atoms with Gasteiger partial charge in [-0.15, -0.1) is 11.8 Å². The van der Waals surface area contributed by atoms with Gasteiger partial charge in [-0.25, -0.2) is 0 Å². The molecule has 120 valence electrons. The fourth-order valence-corrected chi connectivity index (χ4v) is 3.99. The summed E-state index contributed by atoms with van der Waals surface area (Å²) in [5.41, 5.74) is 0. The fourth-order valence-electron chi connectivity index (χ4n) is 2.75. The van der Waals surface area contributed by atoms with Crippen molar-refractivity contribution >= 4 is 35.2 Å². The third-order valence-electron chi connectivity index (χ3n) is 4.02. The van der Waals surface area contributed by atoms with E-state index in [9.17, 15) is 9.59 Å². The average Bonchev–Trinajstić information content (AvgIpc) is 2.48. The van der Waals surface area contributed by atoms with Gasteiger partial charge >= 0.3 is 5.97 Å². The normalized spacial score (nSPS) is 23.1. The molecule has 22 heavy (non-hydrogen) atoms. The summed E-state index contributed by atoms with van der Waals surface area (Å²) in [5.74, 6) is -1.10. The summed E-state index contributed by atoms with van der Waals surface area (Å²) < 4.78 is 0. The van der Waals surface area contributed by atoms with E-state index in [1.807, 2.05) is 38.1 Å². The first-order chi connectivity index (χ1) is 10.4. The van der Waals surface area contributed by atoms with Gasteiger partial charge in [0.05, 0.1) is 16.2 Å². The van der Waals surface area contributed by atoms with Crippen molar-refractivity contribution in [3.8, 4) is 0 Å². The molecule has 1 N–H and O–H groups in total. The zero-order chi connectivity index (χ0) is 16.3. The Hall–Kier alpha value is -1.20. The van der Waals surface area contributed by atoms with Crippen LogP contribution in [0.3, 0.4) is 0 Å². The van der Waals surface area contributed by atoms with Crippen LogP contribution >= 0.6 is 23.4 Å². The highest BCUT2D eigenvalue weighted by atomic mass is 35.5. The molecular formula is C16H20ClNO3S. The van der Waals surface area contributed by atoms with Crippen LogP contribution in [0, 0.1) is 11.8 Å². The molecule has 0 aromatic heterocycles. The van der Waals surface area contributed by atoms with Crippen LogP contribution in [0.4, 0.5) is 0 Å². The van der Waals surface area contributed by atoms with E-state index < -0.39 is 5.97 Å². The van der Waals surface area contributed by atoms with Gasteiger partial charge in [-0.1, -0.05) is 30.7 Å². The van der Waals surface area contributed by atoms with Gasteiger partial charge < -0.3 is 10.0 Å². The van der Waals surface area contributed by atoms with Crippen LogP contribution in [-0.2, 0) is 9.59 Å². The molecule has 1 heterocycles. The van der Waals surface area contributed by atoms with E-state index in [1.54, 1.807) is 4.90 Å². The number of thioether (sulfide) groups is 1.